The maximum absolute atomic E-state index is 12.6. The molecular weight excluding hydrogens is 448 g/mol. The van der Waals surface area contributed by atoms with Crippen molar-refractivity contribution < 1.29 is 29.3 Å². The molecule has 0 saturated carbocycles. The lowest BCUT2D eigenvalue weighted by atomic mass is 9.98. The molecule has 4 N–H and O–H groups in total. The van der Waals surface area contributed by atoms with Crippen LogP contribution in [0.5, 0.6) is 0 Å². The monoisotopic (exact) mass is 474 g/mol. The standard InChI is InChI=1S/C27H26N2O6/c1-16-14-17(25(31)28-24(12-13-30)26(32)33)10-11-23(16)29-27(34)35-15-22-20-8-4-2-6-18(20)19-7-3-5-9-21(19)22/h2-11,14,22,24,30H,12-13,15H2,1H3,(H,28,31)(H,29,34)(H,32,33)/t24-/m0/s1. The minimum absolute atomic E-state index is 0.0542. The predicted octanol–water partition coefficient (Wildman–Crippen LogP) is 3.92. The number of aryl methyl sites for hydroxylation is 1. The minimum atomic E-state index is -1.22. The van der Waals surface area contributed by atoms with Gasteiger partial charge in [-0.1, -0.05) is 48.5 Å². The average Bonchev–Trinajstić information content (AvgIpc) is 3.17. The molecular formula is C27H26N2O6. The Labute approximate surface area is 202 Å². The number of carboxylic acid groups (broad SMARTS) is 1. The molecule has 1 aliphatic carbocycles. The van der Waals surface area contributed by atoms with Crippen molar-refractivity contribution in [1.82, 2.24) is 5.32 Å². The number of hydrogen-bond acceptors (Lipinski definition) is 5. The molecule has 3 aromatic carbocycles. The molecule has 1 atom stereocenters. The molecule has 0 fully saturated rings. The van der Waals surface area contributed by atoms with E-state index in [0.29, 0.717) is 11.3 Å². The smallest absolute Gasteiger partial charge is 0.411 e. The summed E-state index contributed by atoms with van der Waals surface area (Å²) in [6, 6.07) is 19.6. The van der Waals surface area contributed by atoms with Crippen LogP contribution < -0.4 is 10.6 Å². The van der Waals surface area contributed by atoms with Gasteiger partial charge < -0.3 is 20.3 Å². The van der Waals surface area contributed by atoms with E-state index in [9.17, 15) is 14.4 Å². The number of anilines is 1. The van der Waals surface area contributed by atoms with E-state index < -0.39 is 24.0 Å². The Balaban J connectivity index is 1.39. The number of aliphatic hydroxyl groups is 1. The molecule has 1 aliphatic rings. The summed E-state index contributed by atoms with van der Waals surface area (Å²) < 4.78 is 5.56. The largest absolute Gasteiger partial charge is 0.480 e. The van der Waals surface area contributed by atoms with Crippen LogP contribution in [-0.2, 0) is 9.53 Å². The van der Waals surface area contributed by atoms with Gasteiger partial charge in [0.1, 0.15) is 12.6 Å². The van der Waals surface area contributed by atoms with Crippen molar-refractivity contribution in [1.29, 1.82) is 0 Å². The van der Waals surface area contributed by atoms with Crippen molar-refractivity contribution in [2.45, 2.75) is 25.3 Å². The van der Waals surface area contributed by atoms with Gasteiger partial charge in [0.2, 0.25) is 0 Å². The van der Waals surface area contributed by atoms with E-state index >= 15 is 0 Å². The first kappa shape index (κ1) is 24.0. The fourth-order valence-corrected chi connectivity index (χ4v) is 4.32. The van der Waals surface area contributed by atoms with E-state index in [2.05, 4.69) is 22.8 Å². The Morgan fingerprint density at radius 2 is 1.60 bits per heavy atom. The molecule has 0 bridgehead atoms. The highest BCUT2D eigenvalue weighted by Gasteiger charge is 2.29. The van der Waals surface area contributed by atoms with Crippen molar-refractivity contribution in [3.8, 4) is 11.1 Å². The summed E-state index contributed by atoms with van der Waals surface area (Å²) in [7, 11) is 0. The summed E-state index contributed by atoms with van der Waals surface area (Å²) in [6.45, 7) is 1.54. The van der Waals surface area contributed by atoms with E-state index in [1.165, 1.54) is 6.07 Å². The number of ether oxygens (including phenoxy) is 1. The first-order valence-electron chi connectivity index (χ1n) is 11.3. The van der Waals surface area contributed by atoms with Gasteiger partial charge >= 0.3 is 12.1 Å². The van der Waals surface area contributed by atoms with Crippen LogP contribution in [0.4, 0.5) is 10.5 Å². The zero-order valence-electron chi connectivity index (χ0n) is 19.2. The first-order valence-corrected chi connectivity index (χ1v) is 11.3. The normalized spacial score (nSPS) is 12.9. The van der Waals surface area contributed by atoms with Gasteiger partial charge in [-0.05, 0) is 52.9 Å². The molecule has 3 aromatic rings. The quantitative estimate of drug-likeness (QED) is 0.392. The molecule has 35 heavy (non-hydrogen) atoms. The van der Waals surface area contributed by atoms with Gasteiger partial charge in [-0.25, -0.2) is 9.59 Å². The van der Waals surface area contributed by atoms with E-state index in [-0.39, 0.29) is 31.1 Å². The molecule has 0 aliphatic heterocycles. The van der Waals surface area contributed by atoms with Crippen molar-refractivity contribution in [2.75, 3.05) is 18.5 Å². The molecule has 8 nitrogen and oxygen atoms in total. The van der Waals surface area contributed by atoms with Crippen molar-refractivity contribution in [3.05, 3.63) is 89.0 Å². The molecule has 0 radical (unpaired) electrons. The Bertz CT molecular complexity index is 1230. The lowest BCUT2D eigenvalue weighted by Gasteiger charge is -2.16. The minimum Gasteiger partial charge on any atom is -0.480 e. The van der Waals surface area contributed by atoms with Crippen LogP contribution in [0.25, 0.3) is 11.1 Å². The fourth-order valence-electron chi connectivity index (χ4n) is 4.32. The lowest BCUT2D eigenvalue weighted by Crippen LogP contribution is -2.41. The number of aliphatic hydroxyl groups excluding tert-OH is 1. The van der Waals surface area contributed by atoms with Crippen LogP contribution in [-0.4, -0.2) is 47.4 Å². The number of carbonyl (C=O) groups excluding carboxylic acids is 2. The Hall–Kier alpha value is -4.17. The molecule has 2 amide bonds. The van der Waals surface area contributed by atoms with Crippen LogP contribution in [0.1, 0.15) is 39.4 Å². The van der Waals surface area contributed by atoms with Gasteiger partial charge in [-0.3, -0.25) is 10.1 Å². The van der Waals surface area contributed by atoms with Gasteiger partial charge in [0, 0.05) is 30.2 Å². The second-order valence-electron chi connectivity index (χ2n) is 8.36. The topological polar surface area (TPSA) is 125 Å². The molecule has 4 rings (SSSR count). The van der Waals surface area contributed by atoms with E-state index in [1.807, 2.05) is 36.4 Å². The SMILES string of the molecule is Cc1cc(C(=O)N[C@@H](CCO)C(=O)O)ccc1NC(=O)OCC1c2ccccc2-c2ccccc21. The van der Waals surface area contributed by atoms with Gasteiger partial charge in [-0.15, -0.1) is 0 Å². The second-order valence-corrected chi connectivity index (χ2v) is 8.36. The lowest BCUT2D eigenvalue weighted by molar-refractivity contribution is -0.139. The molecule has 180 valence electrons. The number of aliphatic carboxylic acids is 1. The number of benzene rings is 3. The Kier molecular flexibility index (Phi) is 7.12. The third-order valence-electron chi connectivity index (χ3n) is 6.09. The molecule has 0 saturated heterocycles. The highest BCUT2D eigenvalue weighted by molar-refractivity contribution is 5.97. The van der Waals surface area contributed by atoms with Crippen molar-refractivity contribution >= 4 is 23.7 Å². The molecule has 8 heteroatoms. The summed E-state index contributed by atoms with van der Waals surface area (Å²) in [5.41, 5.74) is 5.86. The van der Waals surface area contributed by atoms with Crippen LogP contribution >= 0.6 is 0 Å². The van der Waals surface area contributed by atoms with E-state index in [4.69, 9.17) is 14.9 Å². The Morgan fingerprint density at radius 3 is 2.17 bits per heavy atom. The molecule has 0 unspecified atom stereocenters. The van der Waals surface area contributed by atoms with E-state index in [0.717, 1.165) is 22.3 Å². The number of hydrogen-bond donors (Lipinski definition) is 4. The summed E-state index contributed by atoms with van der Waals surface area (Å²) in [6.07, 6.45) is -0.706. The molecule has 0 spiro atoms. The predicted molar refractivity (Wildman–Crippen MR) is 130 cm³/mol. The average molecular weight is 475 g/mol. The van der Waals surface area contributed by atoms with Crippen LogP contribution in [0, 0.1) is 6.92 Å². The van der Waals surface area contributed by atoms with Gasteiger partial charge in [-0.2, -0.15) is 0 Å². The molecule has 0 heterocycles. The number of amides is 2. The maximum Gasteiger partial charge on any atom is 0.411 e. The van der Waals surface area contributed by atoms with Gasteiger partial charge in [0.25, 0.3) is 5.91 Å². The summed E-state index contributed by atoms with van der Waals surface area (Å²) in [5, 5.41) is 23.2. The maximum atomic E-state index is 12.6. The summed E-state index contributed by atoms with van der Waals surface area (Å²) >= 11 is 0. The highest BCUT2D eigenvalue weighted by atomic mass is 16.5. The number of nitrogens with one attached hydrogen (secondary N) is 2. The van der Waals surface area contributed by atoms with Crippen LogP contribution in [0.15, 0.2) is 66.7 Å². The third-order valence-corrected chi connectivity index (χ3v) is 6.09. The molecule has 0 aromatic heterocycles. The summed E-state index contributed by atoms with van der Waals surface area (Å²) in [5.74, 6) is -1.86. The van der Waals surface area contributed by atoms with Crippen LogP contribution in [0.3, 0.4) is 0 Å². The Morgan fingerprint density at radius 1 is 0.971 bits per heavy atom. The number of carbonyl (C=O) groups is 3. The second kappa shape index (κ2) is 10.4. The van der Waals surface area contributed by atoms with Crippen molar-refractivity contribution in [2.24, 2.45) is 0 Å². The number of rotatable bonds is 8. The zero-order valence-corrected chi connectivity index (χ0v) is 19.2. The first-order chi connectivity index (χ1) is 16.9. The number of carboxylic acids is 1. The van der Waals surface area contributed by atoms with Gasteiger partial charge in [0.15, 0.2) is 0 Å². The van der Waals surface area contributed by atoms with Gasteiger partial charge in [0.05, 0.1) is 0 Å². The van der Waals surface area contributed by atoms with Crippen molar-refractivity contribution in [3.63, 3.8) is 0 Å². The van der Waals surface area contributed by atoms with E-state index in [1.54, 1.807) is 19.1 Å². The van der Waals surface area contributed by atoms with Crippen LogP contribution in [0.2, 0.25) is 0 Å². The zero-order chi connectivity index (χ0) is 24.9. The fraction of sp³-hybridized carbons (Fsp3) is 0.222. The summed E-state index contributed by atoms with van der Waals surface area (Å²) in [4.78, 5) is 36.2. The highest BCUT2D eigenvalue weighted by Crippen LogP contribution is 2.44. The third kappa shape index (κ3) is 5.17. The number of fused-ring (bicyclic) bond motifs is 3.